The van der Waals surface area contributed by atoms with Crippen molar-refractivity contribution in [2.75, 3.05) is 19.7 Å². The Labute approximate surface area is 268 Å². The first-order valence-corrected chi connectivity index (χ1v) is 14.8. The zero-order valence-electron chi connectivity index (χ0n) is 28.0. The van der Waals surface area contributed by atoms with Crippen LogP contribution in [0.1, 0.15) is 74.3 Å². The fourth-order valence-electron chi connectivity index (χ4n) is 3.91. The van der Waals surface area contributed by atoms with Gasteiger partial charge in [0, 0.05) is 32.5 Å². The first-order valence-electron chi connectivity index (χ1n) is 14.8. The molecule has 0 heterocycles. The predicted octanol–water partition coefficient (Wildman–Crippen LogP) is 2.87. The molecule has 1 aromatic carbocycles. The molecule has 4 amide bonds. The van der Waals surface area contributed by atoms with Gasteiger partial charge in [0.05, 0.1) is 6.61 Å². The van der Waals surface area contributed by atoms with E-state index in [9.17, 15) is 37.9 Å². The topological polar surface area (TPSA) is 181 Å². The van der Waals surface area contributed by atoms with Crippen LogP contribution in [0, 0.1) is 17.0 Å². The molecule has 3 atom stereocenters. The van der Waals surface area contributed by atoms with Crippen LogP contribution in [0.3, 0.4) is 0 Å². The van der Waals surface area contributed by atoms with Gasteiger partial charge in [-0.05, 0) is 77.1 Å². The molecular weight excluding hydrogens is 610 g/mol. The van der Waals surface area contributed by atoms with Gasteiger partial charge in [-0.25, -0.2) is 18.4 Å². The molecule has 0 saturated heterocycles. The van der Waals surface area contributed by atoms with Gasteiger partial charge in [-0.2, -0.15) is 0 Å². The quantitative estimate of drug-likeness (QED) is 0.148. The summed E-state index contributed by atoms with van der Waals surface area (Å²) in [6, 6.07) is 0.619. The number of esters is 1. The molecule has 2 unspecified atom stereocenters. The fourth-order valence-corrected chi connectivity index (χ4v) is 3.91. The SMILES string of the molecule is CC(=O)O[C@H](C(=O)NCC(C)(C)CNC(=O)CC(Cc1cc(F)ccc1F)NC(=O)OC(C)(C)C)C(CO)NC(=O)OC(C)(C)C. The monoisotopic (exact) mass is 658 g/mol. The largest absolute Gasteiger partial charge is 0.450 e. The fraction of sp³-hybridized carbons (Fsp3) is 0.645. The van der Waals surface area contributed by atoms with E-state index in [1.807, 2.05) is 0 Å². The van der Waals surface area contributed by atoms with Crippen molar-refractivity contribution in [3.8, 4) is 0 Å². The number of halogens is 2. The highest BCUT2D eigenvalue weighted by molar-refractivity contribution is 5.85. The summed E-state index contributed by atoms with van der Waals surface area (Å²) < 4.78 is 43.6. The Morgan fingerprint density at radius 1 is 0.848 bits per heavy atom. The van der Waals surface area contributed by atoms with E-state index in [1.54, 1.807) is 55.4 Å². The number of amides is 4. The molecule has 0 aliphatic heterocycles. The van der Waals surface area contributed by atoms with Gasteiger partial charge in [0.2, 0.25) is 12.0 Å². The van der Waals surface area contributed by atoms with E-state index in [0.717, 1.165) is 25.1 Å². The molecule has 0 fully saturated rings. The van der Waals surface area contributed by atoms with Gasteiger partial charge < -0.3 is 40.6 Å². The van der Waals surface area contributed by atoms with E-state index in [2.05, 4.69) is 21.3 Å². The van der Waals surface area contributed by atoms with Crippen LogP contribution in [-0.2, 0) is 35.0 Å². The third kappa shape index (κ3) is 16.3. The molecule has 0 bridgehead atoms. The summed E-state index contributed by atoms with van der Waals surface area (Å²) in [4.78, 5) is 62.3. The van der Waals surface area contributed by atoms with Crippen molar-refractivity contribution < 1.29 is 52.1 Å². The van der Waals surface area contributed by atoms with Gasteiger partial charge in [-0.3, -0.25) is 14.4 Å². The van der Waals surface area contributed by atoms with Gasteiger partial charge in [-0.1, -0.05) is 13.8 Å². The van der Waals surface area contributed by atoms with E-state index in [-0.39, 0.29) is 31.5 Å². The summed E-state index contributed by atoms with van der Waals surface area (Å²) in [5, 5.41) is 20.0. The van der Waals surface area contributed by atoms with Crippen LogP contribution in [0.5, 0.6) is 0 Å². The zero-order chi connectivity index (χ0) is 35.5. The highest BCUT2D eigenvalue weighted by Crippen LogP contribution is 2.16. The Morgan fingerprint density at radius 2 is 1.39 bits per heavy atom. The molecule has 46 heavy (non-hydrogen) atoms. The van der Waals surface area contributed by atoms with Gasteiger partial charge in [0.25, 0.3) is 5.91 Å². The van der Waals surface area contributed by atoms with E-state index in [1.165, 1.54) is 0 Å². The van der Waals surface area contributed by atoms with Crippen molar-refractivity contribution in [2.45, 2.75) is 105 Å². The van der Waals surface area contributed by atoms with Crippen LogP contribution in [0.15, 0.2) is 18.2 Å². The van der Waals surface area contributed by atoms with E-state index >= 15 is 0 Å². The number of aliphatic hydroxyl groups excluding tert-OH is 1. The summed E-state index contributed by atoms with van der Waals surface area (Å²) in [7, 11) is 0. The molecule has 0 aromatic heterocycles. The summed E-state index contributed by atoms with van der Waals surface area (Å²) in [6.45, 7) is 13.6. The Balaban J connectivity index is 2.90. The normalized spacial score (nSPS) is 13.8. The summed E-state index contributed by atoms with van der Waals surface area (Å²) in [5.74, 6) is -3.56. The molecule has 0 aliphatic carbocycles. The number of rotatable bonds is 14. The minimum Gasteiger partial charge on any atom is -0.450 e. The van der Waals surface area contributed by atoms with Gasteiger partial charge in [0.15, 0.2) is 0 Å². The van der Waals surface area contributed by atoms with E-state index < -0.39 is 83.0 Å². The number of nitrogens with one attached hydrogen (secondary N) is 4. The average Bonchev–Trinajstić information content (AvgIpc) is 2.88. The molecule has 5 N–H and O–H groups in total. The number of alkyl carbamates (subject to hydrolysis) is 2. The molecule has 0 radical (unpaired) electrons. The summed E-state index contributed by atoms with van der Waals surface area (Å²) in [6.07, 6.45) is -3.87. The lowest BCUT2D eigenvalue weighted by Crippen LogP contribution is -2.56. The summed E-state index contributed by atoms with van der Waals surface area (Å²) in [5.41, 5.74) is -2.52. The number of carbonyl (C=O) groups is 5. The first kappa shape index (κ1) is 40.0. The van der Waals surface area contributed by atoms with Crippen LogP contribution in [0.25, 0.3) is 0 Å². The molecule has 1 rings (SSSR count). The van der Waals surface area contributed by atoms with Gasteiger partial charge in [-0.15, -0.1) is 0 Å². The second-order valence-electron chi connectivity index (χ2n) is 13.6. The molecule has 260 valence electrons. The molecule has 0 spiro atoms. The third-order valence-corrected chi connectivity index (χ3v) is 5.95. The second-order valence-corrected chi connectivity index (χ2v) is 13.6. The standard InChI is InChI=1S/C31H48F2N4O9/c1-18(39)44-25(23(15-38)37-28(43)46-30(5,6)7)26(41)35-17-31(8,9)16-34-24(40)14-21(36-27(42)45-29(2,3)4)13-19-12-20(32)10-11-22(19)33/h10-12,21,23,25,38H,13-17H2,1-9H3,(H,34,40)(H,35,41)(H,36,42)(H,37,43)/t21?,23?,25-/m0/s1. The molecular formula is C31H48F2N4O9. The number of hydrogen-bond acceptors (Lipinski definition) is 9. The van der Waals surface area contributed by atoms with Crippen molar-refractivity contribution in [1.82, 2.24) is 21.3 Å². The van der Waals surface area contributed by atoms with E-state index in [0.29, 0.717) is 0 Å². The van der Waals surface area contributed by atoms with Gasteiger partial charge >= 0.3 is 18.2 Å². The molecule has 0 saturated carbocycles. The van der Waals surface area contributed by atoms with Crippen LogP contribution in [0.2, 0.25) is 0 Å². The molecule has 15 heteroatoms. The van der Waals surface area contributed by atoms with Crippen LogP contribution >= 0.6 is 0 Å². The summed E-state index contributed by atoms with van der Waals surface area (Å²) >= 11 is 0. The molecule has 1 aromatic rings. The maximum Gasteiger partial charge on any atom is 0.408 e. The number of hydrogen-bond donors (Lipinski definition) is 5. The smallest absolute Gasteiger partial charge is 0.408 e. The van der Waals surface area contributed by atoms with E-state index in [4.69, 9.17) is 14.2 Å². The maximum absolute atomic E-state index is 14.3. The molecule has 13 nitrogen and oxygen atoms in total. The third-order valence-electron chi connectivity index (χ3n) is 5.95. The van der Waals surface area contributed by atoms with Crippen molar-refractivity contribution in [2.24, 2.45) is 5.41 Å². The minimum absolute atomic E-state index is 0.0252. The van der Waals surface area contributed by atoms with Crippen molar-refractivity contribution >= 4 is 30.0 Å². The van der Waals surface area contributed by atoms with Gasteiger partial charge in [0.1, 0.15) is 28.9 Å². The Morgan fingerprint density at radius 3 is 1.91 bits per heavy atom. The number of benzene rings is 1. The number of carbonyl (C=O) groups excluding carboxylic acids is 5. The predicted molar refractivity (Wildman–Crippen MR) is 163 cm³/mol. The van der Waals surface area contributed by atoms with Crippen LogP contribution < -0.4 is 21.3 Å². The Hall–Kier alpha value is -4.01. The average molecular weight is 659 g/mol. The second kappa shape index (κ2) is 17.1. The maximum atomic E-state index is 14.3. The lowest BCUT2D eigenvalue weighted by molar-refractivity contribution is -0.156. The lowest BCUT2D eigenvalue weighted by Gasteiger charge is -2.30. The highest BCUT2D eigenvalue weighted by Gasteiger charge is 2.34. The Kier molecular flexibility index (Phi) is 14.8. The number of ether oxygens (including phenoxy) is 3. The zero-order valence-corrected chi connectivity index (χ0v) is 28.0. The molecule has 0 aliphatic rings. The number of aliphatic hydroxyl groups is 1. The first-order chi connectivity index (χ1) is 21.0. The van der Waals surface area contributed by atoms with Crippen molar-refractivity contribution in [3.05, 3.63) is 35.4 Å². The highest BCUT2D eigenvalue weighted by atomic mass is 19.1. The van der Waals surface area contributed by atoms with Crippen LogP contribution in [0.4, 0.5) is 18.4 Å². The van der Waals surface area contributed by atoms with Crippen LogP contribution in [-0.4, -0.2) is 84.2 Å². The lowest BCUT2D eigenvalue weighted by atomic mass is 9.93. The minimum atomic E-state index is -1.59. The Bertz CT molecular complexity index is 1230. The van der Waals surface area contributed by atoms with Crippen molar-refractivity contribution in [1.29, 1.82) is 0 Å². The van der Waals surface area contributed by atoms with Crippen molar-refractivity contribution in [3.63, 3.8) is 0 Å².